The van der Waals surface area contributed by atoms with Crippen LogP contribution in [0.2, 0.25) is 0 Å². The molecule has 0 saturated heterocycles. The molecule has 0 unspecified atom stereocenters. The highest BCUT2D eigenvalue weighted by atomic mass is 19.4. The van der Waals surface area contributed by atoms with Crippen LogP contribution >= 0.6 is 0 Å². The van der Waals surface area contributed by atoms with E-state index in [9.17, 15) is 18.0 Å². The lowest BCUT2D eigenvalue weighted by Gasteiger charge is -2.32. The van der Waals surface area contributed by atoms with Crippen LogP contribution in [-0.2, 0) is 23.8 Å². The van der Waals surface area contributed by atoms with Crippen molar-refractivity contribution < 1.29 is 18.0 Å². The fourth-order valence-electron chi connectivity index (χ4n) is 3.29. The minimum atomic E-state index is -4.48. The van der Waals surface area contributed by atoms with Crippen LogP contribution in [0.4, 0.5) is 24.7 Å². The maximum atomic E-state index is 12.7. The standard InChI is InChI=1S/C20H20F3N7O/c1-11-17-18(29(3)12(2)19(31)28-17)27-16(26-11)7-4-13-8-25-30(10-13)14-5-6-15(24-9-14)20(21,22)23/h5-6,8-10,12H,4,7H2,1-3H3,(H,28,31)/t12-/m0/s1. The molecule has 0 saturated carbocycles. The number of amides is 1. The molecule has 0 bridgehead atoms. The first-order valence-corrected chi connectivity index (χ1v) is 9.62. The van der Waals surface area contributed by atoms with Crippen LogP contribution in [0.1, 0.15) is 29.7 Å². The van der Waals surface area contributed by atoms with Crippen LogP contribution in [0.5, 0.6) is 0 Å². The summed E-state index contributed by atoms with van der Waals surface area (Å²) in [7, 11) is 1.82. The van der Waals surface area contributed by atoms with Crippen molar-refractivity contribution in [3.8, 4) is 5.69 Å². The maximum absolute atomic E-state index is 12.7. The average Bonchev–Trinajstić information content (AvgIpc) is 3.20. The fraction of sp³-hybridized carbons (Fsp3) is 0.350. The second kappa shape index (κ2) is 7.64. The minimum absolute atomic E-state index is 0.0976. The molecule has 3 aromatic heterocycles. The predicted octanol–water partition coefficient (Wildman–Crippen LogP) is 2.95. The summed E-state index contributed by atoms with van der Waals surface area (Å²) in [6.45, 7) is 3.63. The van der Waals surface area contributed by atoms with Crippen LogP contribution in [0.3, 0.4) is 0 Å². The van der Waals surface area contributed by atoms with Gasteiger partial charge in [0.25, 0.3) is 0 Å². The zero-order valence-electron chi connectivity index (χ0n) is 17.1. The second-order valence-corrected chi connectivity index (χ2v) is 7.39. The van der Waals surface area contributed by atoms with Gasteiger partial charge in [-0.25, -0.2) is 19.6 Å². The largest absolute Gasteiger partial charge is 0.433 e. The zero-order chi connectivity index (χ0) is 22.3. The number of nitrogens with one attached hydrogen (secondary N) is 1. The van der Waals surface area contributed by atoms with Crippen molar-refractivity contribution in [3.05, 3.63) is 53.5 Å². The van der Waals surface area contributed by atoms with Gasteiger partial charge in [0.2, 0.25) is 5.91 Å². The molecule has 162 valence electrons. The number of alkyl halides is 3. The first-order chi connectivity index (χ1) is 14.6. The predicted molar refractivity (Wildman–Crippen MR) is 107 cm³/mol. The zero-order valence-corrected chi connectivity index (χ0v) is 17.1. The van der Waals surface area contributed by atoms with Crippen molar-refractivity contribution in [2.45, 2.75) is 38.9 Å². The lowest BCUT2D eigenvalue weighted by Crippen LogP contribution is -2.45. The van der Waals surface area contributed by atoms with Crippen molar-refractivity contribution >= 4 is 17.4 Å². The van der Waals surface area contributed by atoms with E-state index in [1.807, 2.05) is 18.9 Å². The summed E-state index contributed by atoms with van der Waals surface area (Å²) >= 11 is 0. The number of hydrogen-bond acceptors (Lipinski definition) is 6. The van der Waals surface area contributed by atoms with Gasteiger partial charge in [-0.3, -0.25) is 4.79 Å². The molecule has 0 aliphatic carbocycles. The third-order valence-corrected chi connectivity index (χ3v) is 5.24. The summed E-state index contributed by atoms with van der Waals surface area (Å²) < 4.78 is 39.5. The van der Waals surface area contributed by atoms with Crippen molar-refractivity contribution in [1.29, 1.82) is 0 Å². The number of aryl methyl sites for hydroxylation is 3. The van der Waals surface area contributed by atoms with Gasteiger partial charge >= 0.3 is 6.18 Å². The molecular formula is C20H20F3N7O. The molecule has 11 heteroatoms. The van der Waals surface area contributed by atoms with E-state index in [0.29, 0.717) is 41.6 Å². The van der Waals surface area contributed by atoms with Crippen molar-refractivity contribution in [2.75, 3.05) is 17.3 Å². The Labute approximate surface area is 176 Å². The van der Waals surface area contributed by atoms with Gasteiger partial charge in [0, 0.05) is 19.7 Å². The summed E-state index contributed by atoms with van der Waals surface area (Å²) in [6.07, 6.45) is 1.19. The molecule has 1 N–H and O–H groups in total. The highest BCUT2D eigenvalue weighted by Gasteiger charge is 2.32. The maximum Gasteiger partial charge on any atom is 0.433 e. The normalized spacial score (nSPS) is 16.3. The lowest BCUT2D eigenvalue weighted by molar-refractivity contribution is -0.141. The molecule has 1 amide bonds. The van der Waals surface area contributed by atoms with E-state index in [1.54, 1.807) is 19.3 Å². The average molecular weight is 431 g/mol. The molecule has 4 rings (SSSR count). The Balaban J connectivity index is 1.48. The Hall–Kier alpha value is -3.50. The van der Waals surface area contributed by atoms with E-state index in [1.165, 1.54) is 10.7 Å². The second-order valence-electron chi connectivity index (χ2n) is 7.39. The number of hydrogen-bond donors (Lipinski definition) is 1. The van der Waals surface area contributed by atoms with E-state index in [2.05, 4.69) is 25.4 Å². The Kier molecular flexibility index (Phi) is 5.11. The van der Waals surface area contributed by atoms with E-state index in [-0.39, 0.29) is 11.9 Å². The van der Waals surface area contributed by atoms with Gasteiger partial charge in [-0.2, -0.15) is 18.3 Å². The molecule has 3 aromatic rings. The Morgan fingerprint density at radius 2 is 1.94 bits per heavy atom. The monoisotopic (exact) mass is 431 g/mol. The number of likely N-dealkylation sites (N-methyl/N-ethyl adjacent to an activating group) is 1. The van der Waals surface area contributed by atoms with Crippen LogP contribution in [0.15, 0.2) is 30.7 Å². The molecule has 31 heavy (non-hydrogen) atoms. The topological polar surface area (TPSA) is 88.8 Å². The quantitative estimate of drug-likeness (QED) is 0.683. The summed E-state index contributed by atoms with van der Waals surface area (Å²) in [5.74, 6) is 1.22. The van der Waals surface area contributed by atoms with E-state index >= 15 is 0 Å². The van der Waals surface area contributed by atoms with E-state index in [4.69, 9.17) is 0 Å². The fourth-order valence-corrected chi connectivity index (χ4v) is 3.29. The van der Waals surface area contributed by atoms with Crippen LogP contribution in [-0.4, -0.2) is 43.7 Å². The summed E-state index contributed by atoms with van der Waals surface area (Å²) in [5.41, 5.74) is 1.69. The molecule has 1 aliphatic rings. The van der Waals surface area contributed by atoms with Gasteiger partial charge in [-0.05, 0) is 38.0 Å². The third kappa shape index (κ3) is 4.07. The SMILES string of the molecule is Cc1nc(CCc2cnn(-c3ccc(C(F)(F)F)nc3)c2)nc2c1NC(=O)[C@H](C)N2C. The van der Waals surface area contributed by atoms with Gasteiger partial charge in [0.15, 0.2) is 5.82 Å². The van der Waals surface area contributed by atoms with Crippen LogP contribution < -0.4 is 10.2 Å². The number of aromatic nitrogens is 5. The number of halogens is 3. The molecule has 4 heterocycles. The van der Waals surface area contributed by atoms with Gasteiger partial charge in [-0.1, -0.05) is 0 Å². The number of pyridine rings is 1. The Morgan fingerprint density at radius 1 is 1.16 bits per heavy atom. The minimum Gasteiger partial charge on any atom is -0.346 e. The van der Waals surface area contributed by atoms with E-state index in [0.717, 1.165) is 17.8 Å². The molecule has 1 atom stereocenters. The molecule has 0 spiro atoms. The molecule has 8 nitrogen and oxygen atoms in total. The third-order valence-electron chi connectivity index (χ3n) is 5.24. The smallest absolute Gasteiger partial charge is 0.346 e. The van der Waals surface area contributed by atoms with Crippen molar-refractivity contribution in [2.24, 2.45) is 0 Å². The van der Waals surface area contributed by atoms with Gasteiger partial charge in [0.1, 0.15) is 23.2 Å². The first-order valence-electron chi connectivity index (χ1n) is 9.62. The molecule has 0 aromatic carbocycles. The number of rotatable bonds is 4. The van der Waals surface area contributed by atoms with Crippen LogP contribution in [0, 0.1) is 6.92 Å². The van der Waals surface area contributed by atoms with E-state index < -0.39 is 11.9 Å². The van der Waals surface area contributed by atoms with Crippen molar-refractivity contribution in [3.63, 3.8) is 0 Å². The lowest BCUT2D eigenvalue weighted by atomic mass is 10.1. The Morgan fingerprint density at radius 3 is 2.61 bits per heavy atom. The van der Waals surface area contributed by atoms with Gasteiger partial charge in [0.05, 0.1) is 23.8 Å². The van der Waals surface area contributed by atoms with Gasteiger partial charge in [-0.15, -0.1) is 0 Å². The number of fused-ring (bicyclic) bond motifs is 1. The first kappa shape index (κ1) is 20.8. The molecular weight excluding hydrogens is 411 g/mol. The summed E-state index contributed by atoms with van der Waals surface area (Å²) in [4.78, 5) is 26.4. The Bertz CT molecular complexity index is 1120. The number of carbonyl (C=O) groups excluding carboxylic acids is 1. The summed E-state index contributed by atoms with van der Waals surface area (Å²) in [6, 6.07) is 1.93. The molecule has 0 radical (unpaired) electrons. The van der Waals surface area contributed by atoms with Crippen molar-refractivity contribution in [1.82, 2.24) is 24.7 Å². The molecule has 1 aliphatic heterocycles. The highest BCUT2D eigenvalue weighted by Crippen LogP contribution is 2.31. The number of carbonyl (C=O) groups is 1. The number of anilines is 2. The highest BCUT2D eigenvalue weighted by molar-refractivity contribution is 6.02. The van der Waals surface area contributed by atoms with Crippen LogP contribution in [0.25, 0.3) is 5.69 Å². The molecule has 0 fully saturated rings. The van der Waals surface area contributed by atoms with Gasteiger partial charge < -0.3 is 10.2 Å². The number of nitrogens with zero attached hydrogens (tertiary/aromatic N) is 6. The summed E-state index contributed by atoms with van der Waals surface area (Å²) in [5, 5.41) is 7.06.